The van der Waals surface area contributed by atoms with Crippen molar-refractivity contribution in [2.24, 2.45) is 0 Å². The standard InChI is InChI=1S/C18H16N4O3/c19-12-15(13-20-11-10-14-6-2-1-3-7-14)18(23)21-16-8-4-5-9-17(16)22(24)25/h1-9,13,20H,10-11H2,(H,21,23)/b15-13-. The lowest BCUT2D eigenvalue weighted by atomic mass is 10.1. The maximum Gasteiger partial charge on any atom is 0.292 e. The number of benzene rings is 2. The number of nitrogens with zero attached hydrogens (tertiary/aromatic N) is 2. The number of carbonyl (C=O) groups is 1. The van der Waals surface area contributed by atoms with Crippen LogP contribution in [-0.2, 0) is 11.2 Å². The Balaban J connectivity index is 1.97. The van der Waals surface area contributed by atoms with Crippen LogP contribution in [0.4, 0.5) is 11.4 Å². The van der Waals surface area contributed by atoms with E-state index in [2.05, 4.69) is 10.6 Å². The zero-order valence-electron chi connectivity index (χ0n) is 13.3. The van der Waals surface area contributed by atoms with Gasteiger partial charge in [-0.05, 0) is 18.1 Å². The minimum absolute atomic E-state index is 0.0444. The number of rotatable bonds is 7. The van der Waals surface area contributed by atoms with E-state index >= 15 is 0 Å². The predicted octanol–water partition coefficient (Wildman–Crippen LogP) is 2.77. The van der Waals surface area contributed by atoms with Gasteiger partial charge in [0, 0.05) is 18.8 Å². The molecule has 1 amide bonds. The highest BCUT2D eigenvalue weighted by Gasteiger charge is 2.16. The van der Waals surface area contributed by atoms with Gasteiger partial charge in [0.15, 0.2) is 0 Å². The lowest BCUT2D eigenvalue weighted by molar-refractivity contribution is -0.383. The van der Waals surface area contributed by atoms with Crippen molar-refractivity contribution in [3.8, 4) is 6.07 Å². The number of para-hydroxylation sites is 2. The molecule has 0 saturated heterocycles. The Morgan fingerprint density at radius 2 is 1.84 bits per heavy atom. The molecule has 7 nitrogen and oxygen atoms in total. The molecule has 0 bridgehead atoms. The van der Waals surface area contributed by atoms with Gasteiger partial charge < -0.3 is 10.6 Å². The van der Waals surface area contributed by atoms with Crippen molar-refractivity contribution in [1.82, 2.24) is 5.32 Å². The third kappa shape index (κ3) is 5.18. The molecule has 25 heavy (non-hydrogen) atoms. The van der Waals surface area contributed by atoms with Crippen molar-refractivity contribution in [2.75, 3.05) is 11.9 Å². The van der Waals surface area contributed by atoms with Gasteiger partial charge in [0.2, 0.25) is 0 Å². The van der Waals surface area contributed by atoms with E-state index in [-0.39, 0.29) is 16.9 Å². The number of nitro benzene ring substituents is 1. The minimum Gasteiger partial charge on any atom is -0.389 e. The number of nitriles is 1. The quantitative estimate of drug-likeness (QED) is 0.266. The van der Waals surface area contributed by atoms with Crippen LogP contribution in [0.2, 0.25) is 0 Å². The van der Waals surface area contributed by atoms with E-state index in [9.17, 15) is 14.9 Å². The first-order valence-electron chi connectivity index (χ1n) is 7.54. The van der Waals surface area contributed by atoms with E-state index < -0.39 is 10.8 Å². The van der Waals surface area contributed by atoms with Crippen LogP contribution in [0.3, 0.4) is 0 Å². The van der Waals surface area contributed by atoms with Crippen molar-refractivity contribution < 1.29 is 9.72 Å². The molecule has 0 aliphatic carbocycles. The summed E-state index contributed by atoms with van der Waals surface area (Å²) in [6, 6.07) is 17.3. The fourth-order valence-electron chi connectivity index (χ4n) is 2.11. The Kier molecular flexibility index (Phi) is 6.25. The molecule has 0 fully saturated rings. The molecule has 0 heterocycles. The van der Waals surface area contributed by atoms with Crippen LogP contribution in [0.15, 0.2) is 66.4 Å². The van der Waals surface area contributed by atoms with E-state index in [4.69, 9.17) is 5.26 Å². The van der Waals surface area contributed by atoms with Gasteiger partial charge >= 0.3 is 0 Å². The third-order valence-corrected chi connectivity index (χ3v) is 3.36. The van der Waals surface area contributed by atoms with Crippen LogP contribution < -0.4 is 10.6 Å². The first-order valence-corrected chi connectivity index (χ1v) is 7.54. The van der Waals surface area contributed by atoms with Crippen LogP contribution >= 0.6 is 0 Å². The van der Waals surface area contributed by atoms with Crippen LogP contribution in [0.5, 0.6) is 0 Å². The molecule has 2 aromatic rings. The normalized spacial score (nSPS) is 10.6. The molecule has 0 unspecified atom stereocenters. The van der Waals surface area contributed by atoms with E-state index in [0.717, 1.165) is 12.0 Å². The second kappa shape index (κ2) is 8.84. The SMILES string of the molecule is N#C/C(=C/NCCc1ccccc1)C(=O)Nc1ccccc1[N+](=O)[O-]. The van der Waals surface area contributed by atoms with Crippen LogP contribution in [0.1, 0.15) is 5.56 Å². The summed E-state index contributed by atoms with van der Waals surface area (Å²) in [5.74, 6) is -0.705. The van der Waals surface area contributed by atoms with Gasteiger partial charge in [-0.1, -0.05) is 42.5 Å². The molecule has 0 aliphatic rings. The van der Waals surface area contributed by atoms with Gasteiger partial charge in [0.1, 0.15) is 17.3 Å². The topological polar surface area (TPSA) is 108 Å². The Morgan fingerprint density at radius 3 is 2.52 bits per heavy atom. The molecule has 0 atom stereocenters. The van der Waals surface area contributed by atoms with Gasteiger partial charge in [-0.3, -0.25) is 14.9 Å². The van der Waals surface area contributed by atoms with E-state index in [1.54, 1.807) is 12.1 Å². The summed E-state index contributed by atoms with van der Waals surface area (Å²) >= 11 is 0. The number of carbonyl (C=O) groups excluding carboxylic acids is 1. The molecule has 0 aromatic heterocycles. The average Bonchev–Trinajstić information content (AvgIpc) is 2.63. The Hall–Kier alpha value is -3.66. The van der Waals surface area contributed by atoms with Crippen LogP contribution in [0, 0.1) is 21.4 Å². The van der Waals surface area contributed by atoms with Gasteiger partial charge in [0.05, 0.1) is 4.92 Å². The zero-order chi connectivity index (χ0) is 18.1. The maximum absolute atomic E-state index is 12.1. The predicted molar refractivity (Wildman–Crippen MR) is 93.6 cm³/mol. The maximum atomic E-state index is 12.1. The lowest BCUT2D eigenvalue weighted by Gasteiger charge is -2.06. The second-order valence-corrected chi connectivity index (χ2v) is 5.09. The minimum atomic E-state index is -0.705. The van der Waals surface area contributed by atoms with Crippen LogP contribution in [-0.4, -0.2) is 17.4 Å². The summed E-state index contributed by atoms with van der Waals surface area (Å²) in [5, 5.41) is 25.4. The van der Waals surface area contributed by atoms with Crippen molar-refractivity contribution in [3.05, 3.63) is 82.0 Å². The van der Waals surface area contributed by atoms with Gasteiger partial charge in [0.25, 0.3) is 11.6 Å². The summed E-state index contributed by atoms with van der Waals surface area (Å²) in [6.45, 7) is 0.550. The monoisotopic (exact) mass is 336 g/mol. The molecule has 2 aromatic carbocycles. The highest BCUT2D eigenvalue weighted by atomic mass is 16.6. The van der Waals surface area contributed by atoms with E-state index in [0.29, 0.717) is 6.54 Å². The number of amides is 1. The zero-order valence-corrected chi connectivity index (χ0v) is 13.3. The molecular formula is C18H16N4O3. The Labute approximate surface area is 144 Å². The second-order valence-electron chi connectivity index (χ2n) is 5.09. The highest BCUT2D eigenvalue weighted by molar-refractivity contribution is 6.07. The number of nitro groups is 1. The summed E-state index contributed by atoms with van der Waals surface area (Å²) in [5.41, 5.74) is 0.783. The lowest BCUT2D eigenvalue weighted by Crippen LogP contribution is -2.18. The molecular weight excluding hydrogens is 320 g/mol. The molecule has 126 valence electrons. The summed E-state index contributed by atoms with van der Waals surface area (Å²) in [7, 11) is 0. The van der Waals surface area contributed by atoms with Gasteiger partial charge in [-0.2, -0.15) is 5.26 Å². The first kappa shape index (κ1) is 17.7. The van der Waals surface area contributed by atoms with Crippen molar-refractivity contribution in [1.29, 1.82) is 5.26 Å². The molecule has 0 radical (unpaired) electrons. The molecule has 0 aliphatic heterocycles. The number of hydrogen-bond acceptors (Lipinski definition) is 5. The Bertz CT molecular complexity index is 826. The van der Waals surface area contributed by atoms with Crippen molar-refractivity contribution in [2.45, 2.75) is 6.42 Å². The van der Waals surface area contributed by atoms with E-state index in [1.807, 2.05) is 30.3 Å². The van der Waals surface area contributed by atoms with Crippen LogP contribution in [0.25, 0.3) is 0 Å². The summed E-state index contributed by atoms with van der Waals surface area (Å²) in [6.07, 6.45) is 2.05. The van der Waals surface area contributed by atoms with Crippen molar-refractivity contribution in [3.63, 3.8) is 0 Å². The molecule has 2 N–H and O–H groups in total. The number of nitrogens with one attached hydrogen (secondary N) is 2. The highest BCUT2D eigenvalue weighted by Crippen LogP contribution is 2.23. The molecule has 2 rings (SSSR count). The Morgan fingerprint density at radius 1 is 1.16 bits per heavy atom. The fraction of sp³-hybridized carbons (Fsp3) is 0.111. The fourth-order valence-corrected chi connectivity index (χ4v) is 2.11. The van der Waals surface area contributed by atoms with Crippen molar-refractivity contribution >= 4 is 17.3 Å². The first-order chi connectivity index (χ1) is 12.1. The molecule has 0 spiro atoms. The molecule has 7 heteroatoms. The third-order valence-electron chi connectivity index (χ3n) is 3.36. The van der Waals surface area contributed by atoms with Gasteiger partial charge in [-0.15, -0.1) is 0 Å². The summed E-state index contributed by atoms with van der Waals surface area (Å²) < 4.78 is 0. The van der Waals surface area contributed by atoms with Gasteiger partial charge in [-0.25, -0.2) is 0 Å². The number of hydrogen-bond donors (Lipinski definition) is 2. The van der Waals surface area contributed by atoms with E-state index in [1.165, 1.54) is 24.4 Å². The number of anilines is 1. The summed E-state index contributed by atoms with van der Waals surface area (Å²) in [4.78, 5) is 22.5. The largest absolute Gasteiger partial charge is 0.389 e. The molecule has 0 saturated carbocycles. The average molecular weight is 336 g/mol. The smallest absolute Gasteiger partial charge is 0.292 e.